The fourth-order valence-electron chi connectivity index (χ4n) is 3.56. The molecule has 25 heavy (non-hydrogen) atoms. The molecule has 1 aliphatic rings. The lowest BCUT2D eigenvalue weighted by molar-refractivity contribution is -0.125. The largest absolute Gasteiger partial charge is 0.346 e. The normalized spacial score (nSPS) is 20.8. The number of amides is 1. The summed E-state index contributed by atoms with van der Waals surface area (Å²) < 4.78 is 2.21. The summed E-state index contributed by atoms with van der Waals surface area (Å²) in [7, 11) is 0. The van der Waals surface area contributed by atoms with Crippen molar-refractivity contribution >= 4 is 41.8 Å². The summed E-state index contributed by atoms with van der Waals surface area (Å²) >= 11 is 0. The smallest absolute Gasteiger partial charge is 0.223 e. The predicted molar refractivity (Wildman–Crippen MR) is 106 cm³/mol. The van der Waals surface area contributed by atoms with Gasteiger partial charge in [-0.2, -0.15) is 0 Å². The number of hydrogen-bond acceptors (Lipinski definition) is 3. The molecule has 0 aliphatic heterocycles. The number of nitrogens with zero attached hydrogens (tertiary/aromatic N) is 2. The third kappa shape index (κ3) is 4.46. The molecule has 3 unspecified atom stereocenters. The molecule has 0 spiro atoms. The van der Waals surface area contributed by atoms with Crippen molar-refractivity contribution in [3.63, 3.8) is 0 Å². The molecule has 3 rings (SSSR count). The number of nitrogens with one attached hydrogen (secondary N) is 1. The number of carbonyl (C=O) groups excluding carboxylic acids is 1. The maximum Gasteiger partial charge on any atom is 0.223 e. The van der Waals surface area contributed by atoms with Crippen LogP contribution >= 0.6 is 24.8 Å². The van der Waals surface area contributed by atoms with Crippen LogP contribution in [0.15, 0.2) is 24.3 Å². The van der Waals surface area contributed by atoms with E-state index in [0.717, 1.165) is 36.1 Å². The Morgan fingerprint density at radius 3 is 2.52 bits per heavy atom. The Hall–Kier alpha value is -1.30. The number of benzene rings is 1. The van der Waals surface area contributed by atoms with E-state index in [1.54, 1.807) is 0 Å². The van der Waals surface area contributed by atoms with Crippen LogP contribution in [0, 0.1) is 5.92 Å². The second-order valence-electron chi connectivity index (χ2n) is 6.92. The van der Waals surface area contributed by atoms with Gasteiger partial charge in [0.1, 0.15) is 5.82 Å². The quantitative estimate of drug-likeness (QED) is 0.839. The van der Waals surface area contributed by atoms with E-state index >= 15 is 0 Å². The number of hydrogen-bond donors (Lipinski definition) is 2. The van der Waals surface area contributed by atoms with Crippen molar-refractivity contribution in [1.82, 2.24) is 14.9 Å². The Bertz CT molecular complexity index is 716. The zero-order chi connectivity index (χ0) is 16.6. The molecular formula is C18H28Cl2N4O. The standard InChI is InChI=1S/C18H26N4O.2ClH/c1-11(2)22-16-7-5-4-6-15(16)21-17(22)12(3)20-18(23)13-8-9-14(19)10-13;;/h4-7,11-14H,8-10,19H2,1-3H3,(H,20,23);2*1H. The van der Waals surface area contributed by atoms with Gasteiger partial charge in [0.2, 0.25) is 5.91 Å². The SMILES string of the molecule is CC(NC(=O)C1CCC(N)C1)c1nc2ccccc2n1C(C)C.Cl.Cl. The summed E-state index contributed by atoms with van der Waals surface area (Å²) in [5.41, 5.74) is 8.01. The minimum Gasteiger partial charge on any atom is -0.346 e. The van der Waals surface area contributed by atoms with E-state index in [0.29, 0.717) is 0 Å². The maximum atomic E-state index is 12.5. The van der Waals surface area contributed by atoms with Gasteiger partial charge in [-0.25, -0.2) is 4.98 Å². The number of rotatable bonds is 4. The minimum atomic E-state index is -0.117. The molecule has 1 aromatic heterocycles. The fourth-order valence-corrected chi connectivity index (χ4v) is 3.56. The van der Waals surface area contributed by atoms with E-state index in [1.807, 2.05) is 25.1 Å². The highest BCUT2D eigenvalue weighted by Gasteiger charge is 2.29. The first-order valence-electron chi connectivity index (χ1n) is 8.50. The third-order valence-corrected chi connectivity index (χ3v) is 4.73. The molecule has 5 nitrogen and oxygen atoms in total. The molecule has 0 saturated heterocycles. The van der Waals surface area contributed by atoms with Crippen LogP contribution in [-0.4, -0.2) is 21.5 Å². The van der Waals surface area contributed by atoms with E-state index in [2.05, 4.69) is 29.8 Å². The van der Waals surface area contributed by atoms with Gasteiger partial charge >= 0.3 is 0 Å². The fraction of sp³-hybridized carbons (Fsp3) is 0.556. The van der Waals surface area contributed by atoms with Gasteiger partial charge in [-0.3, -0.25) is 4.79 Å². The van der Waals surface area contributed by atoms with Gasteiger partial charge in [0.05, 0.1) is 17.1 Å². The lowest BCUT2D eigenvalue weighted by Gasteiger charge is -2.20. The Labute approximate surface area is 161 Å². The molecule has 0 radical (unpaired) electrons. The van der Waals surface area contributed by atoms with Gasteiger partial charge < -0.3 is 15.6 Å². The second kappa shape index (κ2) is 8.88. The first-order valence-corrected chi connectivity index (χ1v) is 8.50. The summed E-state index contributed by atoms with van der Waals surface area (Å²) in [4.78, 5) is 17.2. The lowest BCUT2D eigenvalue weighted by Crippen LogP contribution is -2.34. The van der Waals surface area contributed by atoms with Crippen molar-refractivity contribution < 1.29 is 4.79 Å². The van der Waals surface area contributed by atoms with Gasteiger partial charge in [-0.15, -0.1) is 24.8 Å². The summed E-state index contributed by atoms with van der Waals surface area (Å²) in [6.07, 6.45) is 2.62. The number of halogens is 2. The van der Waals surface area contributed by atoms with E-state index in [4.69, 9.17) is 10.7 Å². The van der Waals surface area contributed by atoms with Crippen molar-refractivity contribution in [3.05, 3.63) is 30.1 Å². The summed E-state index contributed by atoms with van der Waals surface area (Å²) in [5, 5.41) is 3.14. The number of nitrogens with two attached hydrogens (primary N) is 1. The Morgan fingerprint density at radius 1 is 1.24 bits per heavy atom. The molecule has 3 N–H and O–H groups in total. The maximum absolute atomic E-state index is 12.5. The molecule has 0 bridgehead atoms. The minimum absolute atomic E-state index is 0. The van der Waals surface area contributed by atoms with Crippen molar-refractivity contribution in [1.29, 1.82) is 0 Å². The number of aromatic nitrogens is 2. The Morgan fingerprint density at radius 2 is 1.92 bits per heavy atom. The zero-order valence-corrected chi connectivity index (χ0v) is 16.6. The van der Waals surface area contributed by atoms with Gasteiger partial charge in [-0.1, -0.05) is 12.1 Å². The molecule has 1 saturated carbocycles. The van der Waals surface area contributed by atoms with Crippen LogP contribution in [0.3, 0.4) is 0 Å². The van der Waals surface area contributed by atoms with E-state index in [1.165, 1.54) is 0 Å². The Kier molecular flexibility index (Phi) is 7.72. The molecule has 7 heteroatoms. The van der Waals surface area contributed by atoms with Crippen LogP contribution in [0.1, 0.15) is 57.9 Å². The molecule has 1 heterocycles. The topological polar surface area (TPSA) is 72.9 Å². The highest BCUT2D eigenvalue weighted by molar-refractivity contribution is 5.85. The number of para-hydroxylation sites is 2. The molecule has 1 fully saturated rings. The molecule has 1 aromatic carbocycles. The average molecular weight is 387 g/mol. The third-order valence-electron chi connectivity index (χ3n) is 4.73. The highest BCUT2D eigenvalue weighted by atomic mass is 35.5. The van der Waals surface area contributed by atoms with E-state index in [9.17, 15) is 4.79 Å². The van der Waals surface area contributed by atoms with Crippen LogP contribution in [-0.2, 0) is 4.79 Å². The van der Waals surface area contributed by atoms with Gasteiger partial charge in [0.15, 0.2) is 0 Å². The second-order valence-corrected chi connectivity index (χ2v) is 6.92. The molecular weight excluding hydrogens is 359 g/mol. The number of imidazole rings is 1. The van der Waals surface area contributed by atoms with Crippen LogP contribution in [0.2, 0.25) is 0 Å². The van der Waals surface area contributed by atoms with Crippen LogP contribution in [0.25, 0.3) is 11.0 Å². The van der Waals surface area contributed by atoms with E-state index < -0.39 is 0 Å². The molecule has 1 amide bonds. The van der Waals surface area contributed by atoms with Gasteiger partial charge in [0.25, 0.3) is 0 Å². The highest BCUT2D eigenvalue weighted by Crippen LogP contribution is 2.27. The van der Waals surface area contributed by atoms with Crippen molar-refractivity contribution in [2.24, 2.45) is 11.7 Å². The van der Waals surface area contributed by atoms with Crippen molar-refractivity contribution in [2.45, 2.75) is 58.2 Å². The van der Waals surface area contributed by atoms with E-state index in [-0.39, 0.29) is 54.8 Å². The first-order chi connectivity index (χ1) is 11.0. The lowest BCUT2D eigenvalue weighted by atomic mass is 10.1. The molecule has 3 atom stereocenters. The first kappa shape index (κ1) is 21.7. The molecule has 140 valence electrons. The van der Waals surface area contributed by atoms with Gasteiger partial charge in [-0.05, 0) is 52.2 Å². The van der Waals surface area contributed by atoms with Crippen LogP contribution in [0.4, 0.5) is 0 Å². The van der Waals surface area contributed by atoms with Crippen molar-refractivity contribution in [2.75, 3.05) is 0 Å². The predicted octanol–water partition coefficient (Wildman–Crippen LogP) is 3.77. The zero-order valence-electron chi connectivity index (χ0n) is 14.9. The Balaban J connectivity index is 0.00000156. The van der Waals surface area contributed by atoms with Crippen LogP contribution < -0.4 is 11.1 Å². The summed E-state index contributed by atoms with van der Waals surface area (Å²) in [6, 6.07) is 8.45. The van der Waals surface area contributed by atoms with Gasteiger partial charge in [0, 0.05) is 18.0 Å². The summed E-state index contributed by atoms with van der Waals surface area (Å²) in [6.45, 7) is 6.29. The number of carbonyl (C=O) groups is 1. The van der Waals surface area contributed by atoms with Crippen molar-refractivity contribution in [3.8, 4) is 0 Å². The molecule has 1 aliphatic carbocycles. The summed E-state index contributed by atoms with van der Waals surface area (Å²) in [5.74, 6) is 1.06. The monoisotopic (exact) mass is 386 g/mol. The van der Waals surface area contributed by atoms with Crippen LogP contribution in [0.5, 0.6) is 0 Å². The average Bonchev–Trinajstić information content (AvgIpc) is 3.10. The molecule has 2 aromatic rings. The number of fused-ring (bicyclic) bond motifs is 1.